The van der Waals surface area contributed by atoms with Crippen LogP contribution in [0.5, 0.6) is 5.75 Å². The van der Waals surface area contributed by atoms with Crippen LogP contribution >= 0.6 is 0 Å². The highest BCUT2D eigenvalue weighted by Crippen LogP contribution is 2.33. The smallest absolute Gasteiger partial charge is 0.144 e. The van der Waals surface area contributed by atoms with Gasteiger partial charge in [-0.05, 0) is 45.7 Å². The van der Waals surface area contributed by atoms with Gasteiger partial charge in [-0.25, -0.2) is 0 Å². The Labute approximate surface area is 116 Å². The van der Waals surface area contributed by atoms with E-state index in [1.807, 2.05) is 32.0 Å². The third-order valence-corrected chi connectivity index (χ3v) is 3.31. The minimum atomic E-state index is -0.167. The highest BCUT2D eigenvalue weighted by molar-refractivity contribution is 5.73. The van der Waals surface area contributed by atoms with Crippen molar-refractivity contribution >= 4 is 11.4 Å². The summed E-state index contributed by atoms with van der Waals surface area (Å²) in [6, 6.07) is 5.73. The lowest BCUT2D eigenvalue weighted by Crippen LogP contribution is -2.35. The molecule has 4 heteroatoms. The molecular formula is C15H26N2O2. The van der Waals surface area contributed by atoms with Crippen LogP contribution in [0.4, 0.5) is 11.4 Å². The number of benzene rings is 1. The van der Waals surface area contributed by atoms with Crippen molar-refractivity contribution in [2.45, 2.75) is 52.2 Å². The van der Waals surface area contributed by atoms with Gasteiger partial charge in [0.05, 0.1) is 17.5 Å². The monoisotopic (exact) mass is 266 g/mol. The van der Waals surface area contributed by atoms with E-state index in [4.69, 9.17) is 15.6 Å². The molecule has 4 N–H and O–H groups in total. The molecule has 1 unspecified atom stereocenters. The molecular weight excluding hydrogens is 240 g/mol. The number of anilines is 2. The Hall–Kier alpha value is -1.42. The van der Waals surface area contributed by atoms with Crippen molar-refractivity contribution in [2.75, 3.05) is 17.7 Å². The van der Waals surface area contributed by atoms with Gasteiger partial charge < -0.3 is 20.9 Å². The summed E-state index contributed by atoms with van der Waals surface area (Å²) in [5.41, 5.74) is 7.45. The Morgan fingerprint density at radius 3 is 2.63 bits per heavy atom. The van der Waals surface area contributed by atoms with Crippen LogP contribution in [0.3, 0.4) is 0 Å². The molecule has 4 nitrogen and oxygen atoms in total. The van der Waals surface area contributed by atoms with E-state index in [1.165, 1.54) is 0 Å². The minimum absolute atomic E-state index is 0.0903. The molecule has 0 amide bonds. The lowest BCUT2D eigenvalue weighted by atomic mass is 9.94. The number of nitrogens with one attached hydrogen (secondary N) is 1. The SMILES string of the molecule is CCC(C)(CCO)Nc1cccc(OC(C)C)c1N. The zero-order valence-corrected chi connectivity index (χ0v) is 12.4. The van der Waals surface area contributed by atoms with Crippen LogP contribution < -0.4 is 15.8 Å². The van der Waals surface area contributed by atoms with E-state index >= 15 is 0 Å². The maximum atomic E-state index is 9.16. The number of aliphatic hydroxyl groups excluding tert-OH is 1. The lowest BCUT2D eigenvalue weighted by Gasteiger charge is -2.31. The Morgan fingerprint density at radius 2 is 2.11 bits per heavy atom. The molecule has 1 aromatic carbocycles. The predicted octanol–water partition coefficient (Wildman–Crippen LogP) is 3.02. The van der Waals surface area contributed by atoms with Crippen LogP contribution in [0.25, 0.3) is 0 Å². The van der Waals surface area contributed by atoms with Gasteiger partial charge in [0.15, 0.2) is 0 Å². The van der Waals surface area contributed by atoms with E-state index in [9.17, 15) is 0 Å². The van der Waals surface area contributed by atoms with Gasteiger partial charge in [0.1, 0.15) is 5.75 Å². The minimum Gasteiger partial charge on any atom is -0.489 e. The van der Waals surface area contributed by atoms with E-state index in [0.29, 0.717) is 17.9 Å². The van der Waals surface area contributed by atoms with Crippen molar-refractivity contribution in [3.63, 3.8) is 0 Å². The molecule has 19 heavy (non-hydrogen) atoms. The van der Waals surface area contributed by atoms with E-state index < -0.39 is 0 Å². The molecule has 0 aliphatic heterocycles. The zero-order chi connectivity index (χ0) is 14.5. The second-order valence-corrected chi connectivity index (χ2v) is 5.40. The Morgan fingerprint density at radius 1 is 1.42 bits per heavy atom. The average molecular weight is 266 g/mol. The number of rotatable bonds is 7. The van der Waals surface area contributed by atoms with Gasteiger partial charge in [-0.15, -0.1) is 0 Å². The maximum absolute atomic E-state index is 9.16. The van der Waals surface area contributed by atoms with Gasteiger partial charge in [-0.3, -0.25) is 0 Å². The van der Waals surface area contributed by atoms with Crippen molar-refractivity contribution in [2.24, 2.45) is 0 Å². The summed E-state index contributed by atoms with van der Waals surface area (Å²) in [5, 5.41) is 12.6. The number of hydrogen-bond acceptors (Lipinski definition) is 4. The van der Waals surface area contributed by atoms with Gasteiger partial charge in [0.25, 0.3) is 0 Å². The molecule has 1 atom stereocenters. The summed E-state index contributed by atoms with van der Waals surface area (Å²) < 4.78 is 5.68. The van der Waals surface area contributed by atoms with Gasteiger partial charge in [-0.1, -0.05) is 13.0 Å². The summed E-state index contributed by atoms with van der Waals surface area (Å²) in [6.07, 6.45) is 1.67. The molecule has 0 fully saturated rings. The fourth-order valence-electron chi connectivity index (χ4n) is 1.91. The Balaban J connectivity index is 2.95. The molecule has 0 aliphatic rings. The normalized spacial score (nSPS) is 14.2. The predicted molar refractivity (Wildman–Crippen MR) is 80.6 cm³/mol. The fraction of sp³-hybridized carbons (Fsp3) is 0.600. The number of para-hydroxylation sites is 1. The Bertz CT molecular complexity index is 407. The van der Waals surface area contributed by atoms with Crippen LogP contribution in [0, 0.1) is 0 Å². The fourth-order valence-corrected chi connectivity index (χ4v) is 1.91. The first-order valence-corrected chi connectivity index (χ1v) is 6.86. The average Bonchev–Trinajstić information content (AvgIpc) is 2.34. The van der Waals surface area contributed by atoms with E-state index in [2.05, 4.69) is 19.2 Å². The number of aliphatic hydroxyl groups is 1. The summed E-state index contributed by atoms with van der Waals surface area (Å²) in [5.74, 6) is 0.697. The third kappa shape index (κ3) is 4.31. The van der Waals surface area contributed by atoms with Gasteiger partial charge in [0.2, 0.25) is 0 Å². The number of hydrogen-bond donors (Lipinski definition) is 3. The topological polar surface area (TPSA) is 67.5 Å². The maximum Gasteiger partial charge on any atom is 0.144 e. The summed E-state index contributed by atoms with van der Waals surface area (Å²) >= 11 is 0. The van der Waals surface area contributed by atoms with Gasteiger partial charge >= 0.3 is 0 Å². The second kappa shape index (κ2) is 6.66. The first kappa shape index (κ1) is 15.6. The zero-order valence-electron chi connectivity index (χ0n) is 12.4. The molecule has 0 saturated heterocycles. The highest BCUT2D eigenvalue weighted by Gasteiger charge is 2.22. The Kier molecular flexibility index (Phi) is 5.48. The van der Waals surface area contributed by atoms with Crippen molar-refractivity contribution in [1.29, 1.82) is 0 Å². The standard InChI is InChI=1S/C15H26N2O2/c1-5-15(4,9-10-18)17-12-7-6-8-13(14(12)16)19-11(2)3/h6-8,11,17-18H,5,9-10,16H2,1-4H3. The van der Waals surface area contributed by atoms with Gasteiger partial charge in [-0.2, -0.15) is 0 Å². The molecule has 1 rings (SSSR count). The van der Waals surface area contributed by atoms with Crippen molar-refractivity contribution in [3.05, 3.63) is 18.2 Å². The van der Waals surface area contributed by atoms with E-state index in [1.54, 1.807) is 0 Å². The molecule has 0 heterocycles. The largest absolute Gasteiger partial charge is 0.489 e. The summed E-state index contributed by atoms with van der Waals surface area (Å²) in [7, 11) is 0. The summed E-state index contributed by atoms with van der Waals surface area (Å²) in [6.45, 7) is 8.27. The van der Waals surface area contributed by atoms with Crippen LogP contribution in [0.1, 0.15) is 40.5 Å². The molecule has 1 aromatic rings. The van der Waals surface area contributed by atoms with E-state index in [0.717, 1.165) is 12.1 Å². The molecule has 0 bridgehead atoms. The van der Waals surface area contributed by atoms with Crippen LogP contribution in [-0.4, -0.2) is 23.4 Å². The van der Waals surface area contributed by atoms with Crippen LogP contribution in [0.2, 0.25) is 0 Å². The quantitative estimate of drug-likeness (QED) is 0.664. The first-order chi connectivity index (χ1) is 8.91. The van der Waals surface area contributed by atoms with Crippen molar-refractivity contribution in [1.82, 2.24) is 0 Å². The number of nitrogens with two attached hydrogens (primary N) is 1. The lowest BCUT2D eigenvalue weighted by molar-refractivity contribution is 0.243. The molecule has 0 aromatic heterocycles. The second-order valence-electron chi connectivity index (χ2n) is 5.40. The summed E-state index contributed by atoms with van der Waals surface area (Å²) in [4.78, 5) is 0. The van der Waals surface area contributed by atoms with Crippen molar-refractivity contribution < 1.29 is 9.84 Å². The van der Waals surface area contributed by atoms with E-state index in [-0.39, 0.29) is 18.2 Å². The number of ether oxygens (including phenoxy) is 1. The number of nitrogen functional groups attached to an aromatic ring is 1. The first-order valence-electron chi connectivity index (χ1n) is 6.86. The van der Waals surface area contributed by atoms with Gasteiger partial charge in [0, 0.05) is 12.1 Å². The molecule has 0 spiro atoms. The third-order valence-electron chi connectivity index (χ3n) is 3.31. The molecule has 0 radical (unpaired) electrons. The van der Waals surface area contributed by atoms with Crippen LogP contribution in [0.15, 0.2) is 18.2 Å². The molecule has 0 saturated carbocycles. The van der Waals surface area contributed by atoms with Crippen molar-refractivity contribution in [3.8, 4) is 5.75 Å². The molecule has 0 aliphatic carbocycles. The highest BCUT2D eigenvalue weighted by atomic mass is 16.5. The van der Waals surface area contributed by atoms with Crippen LogP contribution in [-0.2, 0) is 0 Å². The molecule has 108 valence electrons.